The third-order valence-electron chi connectivity index (χ3n) is 4.15. The predicted molar refractivity (Wildman–Crippen MR) is 75.8 cm³/mol. The van der Waals surface area contributed by atoms with Gasteiger partial charge in [0.05, 0.1) is 6.54 Å². The van der Waals surface area contributed by atoms with Crippen molar-refractivity contribution in [2.45, 2.75) is 50.5 Å². The molecule has 0 atom stereocenters. The van der Waals surface area contributed by atoms with Crippen LogP contribution in [-0.2, 0) is 4.79 Å². The summed E-state index contributed by atoms with van der Waals surface area (Å²) in [4.78, 5) is 14.2. The number of aliphatic hydroxyl groups is 1. The minimum absolute atomic E-state index is 0.133. The first-order chi connectivity index (χ1) is 10.3. The molecular weight excluding hydrogens is 272 g/mol. The Morgan fingerprint density at radius 2 is 2.14 bits per heavy atom. The van der Waals surface area contributed by atoms with Gasteiger partial charge in [-0.3, -0.25) is 15.0 Å². The van der Waals surface area contributed by atoms with Gasteiger partial charge in [0.2, 0.25) is 11.8 Å². The Morgan fingerprint density at radius 3 is 2.76 bits per heavy atom. The Labute approximate surface area is 123 Å². The van der Waals surface area contributed by atoms with Gasteiger partial charge in [-0.15, -0.1) is 5.10 Å². The molecule has 1 amide bonds. The van der Waals surface area contributed by atoms with Crippen molar-refractivity contribution in [3.05, 3.63) is 5.89 Å². The molecule has 0 spiro atoms. The number of aromatic nitrogens is 2. The molecule has 2 aliphatic rings. The van der Waals surface area contributed by atoms with E-state index in [0.29, 0.717) is 30.8 Å². The predicted octanol–water partition coefficient (Wildman–Crippen LogP) is 1.12. The monoisotopic (exact) mass is 294 g/mol. The summed E-state index contributed by atoms with van der Waals surface area (Å²) >= 11 is 0. The molecule has 116 valence electrons. The summed E-state index contributed by atoms with van der Waals surface area (Å²) in [5, 5.41) is 19.4. The van der Waals surface area contributed by atoms with Crippen LogP contribution in [0.1, 0.15) is 50.3 Å². The van der Waals surface area contributed by atoms with Crippen LogP contribution in [0.2, 0.25) is 0 Å². The van der Waals surface area contributed by atoms with Crippen LogP contribution < -0.4 is 5.32 Å². The fourth-order valence-corrected chi connectivity index (χ4v) is 2.54. The summed E-state index contributed by atoms with van der Waals surface area (Å²) < 4.78 is 5.43. The maximum absolute atomic E-state index is 12.1. The van der Waals surface area contributed by atoms with Crippen molar-refractivity contribution in [1.29, 1.82) is 0 Å². The van der Waals surface area contributed by atoms with Gasteiger partial charge in [-0.05, 0) is 32.1 Å². The van der Waals surface area contributed by atoms with E-state index in [1.54, 1.807) is 0 Å². The molecule has 21 heavy (non-hydrogen) atoms. The number of carbonyl (C=O) groups excluding carboxylic acids is 1. The van der Waals surface area contributed by atoms with Crippen molar-refractivity contribution >= 4 is 11.9 Å². The lowest BCUT2D eigenvalue weighted by Gasteiger charge is -2.36. The first-order valence-electron chi connectivity index (χ1n) is 7.74. The zero-order chi connectivity index (χ0) is 14.7. The molecule has 2 saturated carbocycles. The van der Waals surface area contributed by atoms with Crippen LogP contribution in [0.5, 0.6) is 0 Å². The molecule has 0 unspecified atom stereocenters. The van der Waals surface area contributed by atoms with Gasteiger partial charge in [0.1, 0.15) is 0 Å². The summed E-state index contributed by atoms with van der Waals surface area (Å²) in [5.41, 5.74) is 0. The molecule has 0 aliphatic heterocycles. The molecule has 2 aliphatic carbocycles. The van der Waals surface area contributed by atoms with Crippen molar-refractivity contribution in [2.24, 2.45) is 0 Å². The molecule has 1 heterocycles. The molecule has 0 bridgehead atoms. The second-order valence-corrected chi connectivity index (χ2v) is 5.90. The van der Waals surface area contributed by atoms with Gasteiger partial charge in [-0.1, -0.05) is 11.5 Å². The molecule has 2 fully saturated rings. The van der Waals surface area contributed by atoms with Crippen LogP contribution in [0.3, 0.4) is 0 Å². The number of nitrogens with zero attached hydrogens (tertiary/aromatic N) is 3. The standard InChI is InChI=1S/C14H22N4O3/c19-8-2-7-18(11-3-1-4-11)9-12(20)15-14-17-16-13(21-14)10-5-6-10/h10-11,19H,1-9H2,(H,15,17,20). The number of anilines is 1. The Kier molecular flexibility index (Phi) is 4.50. The summed E-state index contributed by atoms with van der Waals surface area (Å²) in [6.07, 6.45) is 6.35. The minimum atomic E-state index is -0.133. The fraction of sp³-hybridized carbons (Fsp3) is 0.786. The maximum atomic E-state index is 12.1. The molecule has 2 N–H and O–H groups in total. The number of hydrogen-bond donors (Lipinski definition) is 2. The number of nitrogens with one attached hydrogen (secondary N) is 1. The van der Waals surface area contributed by atoms with Gasteiger partial charge >= 0.3 is 6.01 Å². The average molecular weight is 294 g/mol. The van der Waals surface area contributed by atoms with Gasteiger partial charge in [0.15, 0.2) is 0 Å². The maximum Gasteiger partial charge on any atom is 0.322 e. The molecule has 7 heteroatoms. The van der Waals surface area contributed by atoms with Gasteiger partial charge in [-0.2, -0.15) is 0 Å². The van der Waals surface area contributed by atoms with E-state index in [0.717, 1.165) is 32.2 Å². The quantitative estimate of drug-likeness (QED) is 0.746. The summed E-state index contributed by atoms with van der Waals surface area (Å²) in [6.45, 7) is 1.21. The van der Waals surface area contributed by atoms with E-state index < -0.39 is 0 Å². The van der Waals surface area contributed by atoms with Crippen LogP contribution in [-0.4, -0.2) is 51.8 Å². The van der Waals surface area contributed by atoms with E-state index in [2.05, 4.69) is 20.4 Å². The lowest BCUT2D eigenvalue weighted by molar-refractivity contribution is -0.118. The van der Waals surface area contributed by atoms with Crippen molar-refractivity contribution < 1.29 is 14.3 Å². The molecule has 0 aromatic carbocycles. The van der Waals surface area contributed by atoms with E-state index in [1.165, 1.54) is 6.42 Å². The Morgan fingerprint density at radius 1 is 1.33 bits per heavy atom. The first-order valence-corrected chi connectivity index (χ1v) is 7.74. The highest BCUT2D eigenvalue weighted by Crippen LogP contribution is 2.39. The highest BCUT2D eigenvalue weighted by molar-refractivity contribution is 5.90. The van der Waals surface area contributed by atoms with E-state index in [-0.39, 0.29) is 18.5 Å². The molecule has 0 radical (unpaired) electrons. The van der Waals surface area contributed by atoms with E-state index in [1.807, 2.05) is 0 Å². The van der Waals surface area contributed by atoms with Crippen molar-refractivity contribution in [1.82, 2.24) is 15.1 Å². The van der Waals surface area contributed by atoms with Crippen molar-refractivity contribution in [2.75, 3.05) is 25.0 Å². The Balaban J connectivity index is 1.50. The minimum Gasteiger partial charge on any atom is -0.408 e. The number of rotatable bonds is 8. The van der Waals surface area contributed by atoms with E-state index >= 15 is 0 Å². The lowest BCUT2D eigenvalue weighted by Crippen LogP contribution is -2.45. The summed E-state index contributed by atoms with van der Waals surface area (Å²) in [6, 6.07) is 0.657. The topological polar surface area (TPSA) is 91.5 Å². The number of hydrogen-bond acceptors (Lipinski definition) is 6. The van der Waals surface area contributed by atoms with Crippen LogP contribution in [0.4, 0.5) is 6.01 Å². The van der Waals surface area contributed by atoms with E-state index in [9.17, 15) is 4.79 Å². The molecule has 3 rings (SSSR count). The Bertz CT molecular complexity index is 482. The summed E-state index contributed by atoms with van der Waals surface area (Å²) in [7, 11) is 0. The highest BCUT2D eigenvalue weighted by Gasteiger charge is 2.30. The van der Waals surface area contributed by atoms with Gasteiger partial charge in [0, 0.05) is 25.1 Å². The Hall–Kier alpha value is -1.47. The molecule has 1 aromatic rings. The second kappa shape index (κ2) is 6.53. The number of amides is 1. The van der Waals surface area contributed by atoms with Crippen LogP contribution in [0.15, 0.2) is 4.42 Å². The first kappa shape index (κ1) is 14.5. The number of carbonyl (C=O) groups is 1. The molecule has 1 aromatic heterocycles. The molecular formula is C14H22N4O3. The van der Waals surface area contributed by atoms with Gasteiger partial charge in [-0.25, -0.2) is 0 Å². The van der Waals surface area contributed by atoms with Crippen molar-refractivity contribution in [3.63, 3.8) is 0 Å². The van der Waals surface area contributed by atoms with Gasteiger partial charge < -0.3 is 9.52 Å². The van der Waals surface area contributed by atoms with Crippen molar-refractivity contribution in [3.8, 4) is 0 Å². The second-order valence-electron chi connectivity index (χ2n) is 5.90. The normalized spacial score (nSPS) is 18.8. The fourth-order valence-electron chi connectivity index (χ4n) is 2.54. The summed E-state index contributed by atoms with van der Waals surface area (Å²) in [5.74, 6) is 0.881. The number of aliphatic hydroxyl groups excluding tert-OH is 1. The third-order valence-corrected chi connectivity index (χ3v) is 4.15. The molecule has 7 nitrogen and oxygen atoms in total. The zero-order valence-electron chi connectivity index (χ0n) is 12.1. The third kappa shape index (κ3) is 3.79. The van der Waals surface area contributed by atoms with Crippen LogP contribution >= 0.6 is 0 Å². The van der Waals surface area contributed by atoms with Crippen LogP contribution in [0, 0.1) is 0 Å². The largest absolute Gasteiger partial charge is 0.408 e. The highest BCUT2D eigenvalue weighted by atomic mass is 16.4. The molecule has 0 saturated heterocycles. The lowest BCUT2D eigenvalue weighted by atomic mass is 9.91. The smallest absolute Gasteiger partial charge is 0.322 e. The SMILES string of the molecule is O=C(CN(CCCO)C1CCC1)Nc1nnc(C2CC2)o1. The average Bonchev–Trinajstić information content (AvgIpc) is 3.15. The van der Waals surface area contributed by atoms with E-state index in [4.69, 9.17) is 9.52 Å². The van der Waals surface area contributed by atoms with Gasteiger partial charge in [0.25, 0.3) is 0 Å². The zero-order valence-corrected chi connectivity index (χ0v) is 12.1. The van der Waals surface area contributed by atoms with Crippen LogP contribution in [0.25, 0.3) is 0 Å².